The van der Waals surface area contributed by atoms with Crippen molar-refractivity contribution in [1.82, 2.24) is 4.89 Å². The van der Waals surface area contributed by atoms with Gasteiger partial charge in [0.1, 0.15) is 11.0 Å². The van der Waals surface area contributed by atoms with Gasteiger partial charge in [-0.15, -0.1) is 4.89 Å². The lowest BCUT2D eigenvalue weighted by Crippen LogP contribution is -2.19. The first-order valence-corrected chi connectivity index (χ1v) is 9.56. The standard InChI is InChI=1S/C15H17NO4S2/c1-12-7-9-13(10-8-12)11-20-16-21(17)14-5-3-4-6-15(14)22(2,18)19/h3-10,16H,11H2,1-2H3. The van der Waals surface area contributed by atoms with E-state index >= 15 is 0 Å². The number of sulfone groups is 1. The topological polar surface area (TPSA) is 72.5 Å². The second-order valence-corrected chi connectivity index (χ2v) is 7.97. The maximum absolute atomic E-state index is 12.2. The van der Waals surface area contributed by atoms with Gasteiger partial charge in [-0.2, -0.15) is 0 Å². The molecule has 1 N–H and O–H groups in total. The molecule has 0 fully saturated rings. The zero-order valence-electron chi connectivity index (χ0n) is 12.3. The minimum absolute atomic E-state index is 0.0276. The first-order chi connectivity index (χ1) is 10.4. The van der Waals surface area contributed by atoms with Gasteiger partial charge in [-0.05, 0) is 24.6 Å². The summed E-state index contributed by atoms with van der Waals surface area (Å²) in [4.78, 5) is 7.78. The van der Waals surface area contributed by atoms with Gasteiger partial charge >= 0.3 is 0 Å². The molecule has 0 saturated carbocycles. The Kier molecular flexibility index (Phi) is 5.47. The van der Waals surface area contributed by atoms with Crippen molar-refractivity contribution in [2.24, 2.45) is 0 Å². The Morgan fingerprint density at radius 3 is 2.36 bits per heavy atom. The van der Waals surface area contributed by atoms with Crippen molar-refractivity contribution in [2.45, 2.75) is 23.3 Å². The molecule has 0 bridgehead atoms. The fourth-order valence-electron chi connectivity index (χ4n) is 1.81. The SMILES string of the molecule is Cc1ccc(CONS(=O)c2ccccc2S(C)(=O)=O)cc1. The summed E-state index contributed by atoms with van der Waals surface area (Å²) in [5.41, 5.74) is 2.06. The molecule has 7 heteroatoms. The molecule has 0 aliphatic carbocycles. The van der Waals surface area contributed by atoms with Crippen LogP contribution in [-0.2, 0) is 32.3 Å². The van der Waals surface area contributed by atoms with Gasteiger partial charge < -0.3 is 0 Å². The second-order valence-electron chi connectivity index (χ2n) is 4.85. The number of hydrogen-bond donors (Lipinski definition) is 1. The molecule has 0 aromatic heterocycles. The van der Waals surface area contributed by atoms with Crippen LogP contribution in [0.1, 0.15) is 11.1 Å². The van der Waals surface area contributed by atoms with Gasteiger partial charge in [-0.1, -0.05) is 42.0 Å². The molecule has 0 heterocycles. The molecule has 0 radical (unpaired) electrons. The Labute approximate surface area is 132 Å². The van der Waals surface area contributed by atoms with Gasteiger partial charge in [-0.3, -0.25) is 4.84 Å². The summed E-state index contributed by atoms with van der Waals surface area (Å²) in [6.45, 7) is 2.22. The lowest BCUT2D eigenvalue weighted by molar-refractivity contribution is 0.0832. The fourth-order valence-corrected chi connectivity index (χ4v) is 3.95. The van der Waals surface area contributed by atoms with Crippen molar-refractivity contribution in [3.8, 4) is 0 Å². The first kappa shape index (κ1) is 16.8. The third-order valence-corrected chi connectivity index (χ3v) is 5.25. The highest BCUT2D eigenvalue weighted by Crippen LogP contribution is 2.18. The highest BCUT2D eigenvalue weighted by Gasteiger charge is 2.17. The predicted octanol–water partition coefficient (Wildman–Crippen LogP) is 2.14. The third kappa shape index (κ3) is 4.48. The van der Waals surface area contributed by atoms with Crippen LogP contribution in [0, 0.1) is 6.92 Å². The van der Waals surface area contributed by atoms with Crippen molar-refractivity contribution < 1.29 is 17.5 Å². The van der Waals surface area contributed by atoms with Crippen molar-refractivity contribution in [3.05, 3.63) is 59.7 Å². The molecule has 0 aliphatic rings. The van der Waals surface area contributed by atoms with Crippen LogP contribution in [0.4, 0.5) is 0 Å². The van der Waals surface area contributed by atoms with E-state index in [9.17, 15) is 12.6 Å². The molecule has 2 aromatic carbocycles. The van der Waals surface area contributed by atoms with Gasteiger partial charge in [0.25, 0.3) is 0 Å². The van der Waals surface area contributed by atoms with Crippen LogP contribution in [-0.4, -0.2) is 18.9 Å². The summed E-state index contributed by atoms with van der Waals surface area (Å²) in [6.07, 6.45) is 1.08. The molecular formula is C15H17NO4S2. The van der Waals surface area contributed by atoms with Crippen LogP contribution >= 0.6 is 0 Å². The van der Waals surface area contributed by atoms with Crippen molar-refractivity contribution in [3.63, 3.8) is 0 Å². The van der Waals surface area contributed by atoms with Crippen LogP contribution in [0.5, 0.6) is 0 Å². The fraction of sp³-hybridized carbons (Fsp3) is 0.200. The molecule has 0 spiro atoms. The molecule has 118 valence electrons. The Balaban J connectivity index is 2.03. The highest BCUT2D eigenvalue weighted by molar-refractivity contribution is 7.91. The van der Waals surface area contributed by atoms with E-state index in [2.05, 4.69) is 4.89 Å². The molecular weight excluding hydrogens is 322 g/mol. The van der Waals surface area contributed by atoms with Crippen molar-refractivity contribution in [1.29, 1.82) is 0 Å². The highest BCUT2D eigenvalue weighted by atomic mass is 32.2. The van der Waals surface area contributed by atoms with E-state index in [0.29, 0.717) is 0 Å². The quantitative estimate of drug-likeness (QED) is 0.819. The number of nitrogens with one attached hydrogen (secondary N) is 1. The van der Waals surface area contributed by atoms with Gasteiger partial charge in [0.2, 0.25) is 0 Å². The zero-order chi connectivity index (χ0) is 16.2. The molecule has 2 aromatic rings. The molecule has 0 aliphatic heterocycles. The Hall–Kier alpha value is -1.54. The molecule has 0 amide bonds. The van der Waals surface area contributed by atoms with E-state index in [1.807, 2.05) is 31.2 Å². The maximum atomic E-state index is 12.2. The van der Waals surface area contributed by atoms with Crippen LogP contribution < -0.4 is 4.89 Å². The summed E-state index contributed by atoms with van der Waals surface area (Å²) >= 11 is 0. The average Bonchev–Trinajstić information content (AvgIpc) is 2.48. The van der Waals surface area contributed by atoms with Gasteiger partial charge in [-0.25, -0.2) is 12.6 Å². The molecule has 22 heavy (non-hydrogen) atoms. The lowest BCUT2D eigenvalue weighted by atomic mass is 10.2. The van der Waals surface area contributed by atoms with Crippen molar-refractivity contribution >= 4 is 20.8 Å². The Morgan fingerprint density at radius 2 is 1.73 bits per heavy atom. The maximum Gasteiger partial charge on any atom is 0.176 e. The summed E-state index contributed by atoms with van der Waals surface area (Å²) in [7, 11) is -5.22. The number of hydrogen-bond acceptors (Lipinski definition) is 4. The van der Waals surface area contributed by atoms with E-state index in [4.69, 9.17) is 4.84 Å². The normalized spacial score (nSPS) is 13.0. The van der Waals surface area contributed by atoms with E-state index in [1.165, 1.54) is 12.1 Å². The summed E-state index contributed by atoms with van der Waals surface area (Å²) < 4.78 is 35.5. The van der Waals surface area contributed by atoms with Crippen LogP contribution in [0.2, 0.25) is 0 Å². The first-order valence-electron chi connectivity index (χ1n) is 6.52. The van der Waals surface area contributed by atoms with Crippen LogP contribution in [0.3, 0.4) is 0 Å². The average molecular weight is 339 g/mol. The lowest BCUT2D eigenvalue weighted by Gasteiger charge is -2.09. The van der Waals surface area contributed by atoms with Gasteiger partial charge in [0, 0.05) is 6.26 Å². The monoisotopic (exact) mass is 339 g/mol. The summed E-state index contributed by atoms with van der Waals surface area (Å²) in [6, 6.07) is 13.9. The second kappa shape index (κ2) is 7.15. The summed E-state index contributed by atoms with van der Waals surface area (Å²) in [5.74, 6) is 0. The largest absolute Gasteiger partial charge is 0.284 e. The molecule has 0 saturated heterocycles. The Morgan fingerprint density at radius 1 is 1.09 bits per heavy atom. The van der Waals surface area contributed by atoms with E-state index < -0.39 is 20.8 Å². The predicted molar refractivity (Wildman–Crippen MR) is 85.1 cm³/mol. The summed E-state index contributed by atoms with van der Waals surface area (Å²) in [5, 5.41) is 0. The van der Waals surface area contributed by atoms with E-state index in [0.717, 1.165) is 17.4 Å². The van der Waals surface area contributed by atoms with Crippen molar-refractivity contribution in [2.75, 3.05) is 6.26 Å². The number of rotatable bonds is 6. The van der Waals surface area contributed by atoms with Crippen LogP contribution in [0.25, 0.3) is 0 Å². The third-order valence-electron chi connectivity index (χ3n) is 2.94. The Bertz CT molecular complexity index is 770. The number of aryl methyl sites for hydroxylation is 1. The molecule has 1 atom stereocenters. The van der Waals surface area contributed by atoms with E-state index in [-0.39, 0.29) is 16.4 Å². The van der Waals surface area contributed by atoms with Crippen LogP contribution in [0.15, 0.2) is 58.3 Å². The smallest absolute Gasteiger partial charge is 0.176 e. The molecule has 5 nitrogen and oxygen atoms in total. The van der Waals surface area contributed by atoms with Gasteiger partial charge in [0.05, 0.1) is 16.4 Å². The zero-order valence-corrected chi connectivity index (χ0v) is 13.9. The minimum atomic E-state index is -3.45. The molecule has 1 unspecified atom stereocenters. The van der Waals surface area contributed by atoms with E-state index in [1.54, 1.807) is 12.1 Å². The molecule has 2 rings (SSSR count). The number of benzene rings is 2. The minimum Gasteiger partial charge on any atom is -0.284 e. The van der Waals surface area contributed by atoms with Gasteiger partial charge in [0.15, 0.2) is 9.84 Å².